The molecular formula is C43H51N3O9. The largest absolute Gasteiger partial charge is 0.458 e. The summed E-state index contributed by atoms with van der Waals surface area (Å²) in [5, 5.41) is 13.9. The molecule has 4 heterocycles. The van der Waals surface area contributed by atoms with Gasteiger partial charge in [-0.1, -0.05) is 66.7 Å². The van der Waals surface area contributed by atoms with Gasteiger partial charge in [0.25, 0.3) is 0 Å². The van der Waals surface area contributed by atoms with Gasteiger partial charge < -0.3 is 34.3 Å². The van der Waals surface area contributed by atoms with Crippen molar-refractivity contribution in [2.75, 3.05) is 20.2 Å². The molecule has 10 rings (SSSR count). The Morgan fingerprint density at radius 1 is 0.945 bits per heavy atom. The van der Waals surface area contributed by atoms with Crippen molar-refractivity contribution in [1.82, 2.24) is 15.3 Å². The van der Waals surface area contributed by atoms with E-state index in [4.69, 9.17) is 23.8 Å². The van der Waals surface area contributed by atoms with Crippen LogP contribution in [0.4, 0.5) is 0 Å². The van der Waals surface area contributed by atoms with E-state index in [2.05, 4.69) is 29.6 Å². The number of aliphatic hydroxyl groups is 1. The maximum Gasteiger partial charge on any atom is 0.327 e. The fraction of sp³-hybridized carbons (Fsp3) is 0.605. The number of epoxide rings is 1. The standard InChI is InChI=1S/C43H51N3O9/c1-45(31(39(48)44-19-20-47)21-26-5-3-2-4-6-26)41(50)42-23-34-35-36(54-43(53-35,29-14-15-29)30-16-17-30)38(42)55-46(37(42)40(49)52-34)24-28-11-8-25(9-12-28)7-10-27-13-18-32-33(22-27)51-32/h2-12,27,29-38,47H,13-24H2,1H3,(H,44,48). The van der Waals surface area contributed by atoms with Crippen molar-refractivity contribution in [3.63, 3.8) is 0 Å². The van der Waals surface area contributed by atoms with E-state index < -0.39 is 53.7 Å². The average Bonchev–Trinajstić information content (AvgIpc) is 4.10. The van der Waals surface area contributed by atoms with Gasteiger partial charge in [0, 0.05) is 38.3 Å². The number of ether oxygens (including phenoxy) is 4. The molecule has 10 atom stereocenters. The van der Waals surface area contributed by atoms with Crippen LogP contribution in [0.2, 0.25) is 0 Å². The average molecular weight is 754 g/mol. The Morgan fingerprint density at radius 2 is 1.69 bits per heavy atom. The molecule has 10 unspecified atom stereocenters. The van der Waals surface area contributed by atoms with Crippen LogP contribution in [0.1, 0.15) is 68.1 Å². The Morgan fingerprint density at radius 3 is 2.40 bits per heavy atom. The highest BCUT2D eigenvalue weighted by Gasteiger charge is 2.78. The summed E-state index contributed by atoms with van der Waals surface area (Å²) in [4.78, 5) is 51.9. The molecular weight excluding hydrogens is 702 g/mol. The van der Waals surface area contributed by atoms with Crippen LogP contribution in [-0.2, 0) is 51.1 Å². The van der Waals surface area contributed by atoms with E-state index in [9.17, 15) is 14.7 Å². The van der Waals surface area contributed by atoms with Crippen LogP contribution in [0.15, 0.2) is 60.7 Å². The number of fused-ring (bicyclic) bond motifs is 5. The highest BCUT2D eigenvalue weighted by atomic mass is 16.8. The number of likely N-dealkylation sites (N-methyl/N-ethyl adjacent to an activating group) is 1. The third-order valence-corrected chi connectivity index (χ3v) is 13.6. The Bertz CT molecular complexity index is 1820. The zero-order valence-corrected chi connectivity index (χ0v) is 31.3. The van der Waals surface area contributed by atoms with Crippen molar-refractivity contribution in [1.29, 1.82) is 0 Å². The molecule has 4 saturated heterocycles. The molecule has 2 bridgehead atoms. The summed E-state index contributed by atoms with van der Waals surface area (Å²) in [6, 6.07) is 15.8. The molecule has 2 aromatic rings. The second-order valence-corrected chi connectivity index (χ2v) is 17.2. The number of nitrogens with zero attached hydrogens (tertiary/aromatic N) is 2. The molecule has 0 radical (unpaired) electrons. The maximum atomic E-state index is 15.4. The molecule has 0 spiro atoms. The SMILES string of the molecule is CN(C(=O)C12CC3OC(=O)C1N(Cc1ccc(C=CC4CCC5OC5C4)cc1)OC2C1OC(C2CC2)(C2CC2)OC31)C(Cc1ccccc1)C(=O)NCCO. The molecule has 4 aliphatic carbocycles. The van der Waals surface area contributed by atoms with Crippen LogP contribution in [-0.4, -0.2) is 108 Å². The molecule has 12 heteroatoms. The quantitative estimate of drug-likeness (QED) is 0.231. The first kappa shape index (κ1) is 35.7. The smallest absolute Gasteiger partial charge is 0.327 e. The Hall–Kier alpha value is -3.65. The van der Waals surface area contributed by atoms with Gasteiger partial charge in [-0.05, 0) is 67.6 Å². The van der Waals surface area contributed by atoms with Crippen LogP contribution in [0.3, 0.4) is 0 Å². The van der Waals surface area contributed by atoms with Crippen LogP contribution in [0, 0.1) is 23.2 Å². The molecule has 4 saturated carbocycles. The Balaban J connectivity index is 0.966. The number of allylic oxidation sites excluding steroid dienone is 1. The van der Waals surface area contributed by atoms with E-state index in [0.29, 0.717) is 18.1 Å². The fourth-order valence-corrected chi connectivity index (χ4v) is 10.4. The first-order chi connectivity index (χ1) is 26.8. The molecule has 12 nitrogen and oxygen atoms in total. The molecule has 2 N–H and O–H groups in total. The number of aliphatic hydroxyl groups excluding tert-OH is 1. The lowest BCUT2D eigenvalue weighted by Gasteiger charge is -2.50. The second-order valence-electron chi connectivity index (χ2n) is 17.2. The third-order valence-electron chi connectivity index (χ3n) is 13.6. The molecule has 55 heavy (non-hydrogen) atoms. The van der Waals surface area contributed by atoms with E-state index in [-0.39, 0.29) is 56.2 Å². The highest BCUT2D eigenvalue weighted by molar-refractivity contribution is 5.96. The number of hydrogen-bond acceptors (Lipinski definition) is 10. The van der Waals surface area contributed by atoms with Gasteiger partial charge in [-0.15, -0.1) is 0 Å². The van der Waals surface area contributed by atoms with Gasteiger partial charge in [-0.25, -0.2) is 0 Å². The molecule has 8 aliphatic rings. The lowest BCUT2D eigenvalue weighted by Crippen LogP contribution is -2.70. The van der Waals surface area contributed by atoms with Gasteiger partial charge in [0.05, 0.1) is 25.4 Å². The van der Waals surface area contributed by atoms with E-state index in [1.165, 1.54) is 4.90 Å². The minimum absolute atomic E-state index is 0.0538. The third kappa shape index (κ3) is 6.24. The first-order valence-corrected chi connectivity index (χ1v) is 20.4. The lowest BCUT2D eigenvalue weighted by atomic mass is 9.62. The Kier molecular flexibility index (Phi) is 8.95. The van der Waals surface area contributed by atoms with Gasteiger partial charge in [-0.2, -0.15) is 5.06 Å². The lowest BCUT2D eigenvalue weighted by molar-refractivity contribution is -0.235. The minimum atomic E-state index is -1.40. The molecule has 0 aromatic heterocycles. The summed E-state index contributed by atoms with van der Waals surface area (Å²) in [5.74, 6) is -1.00. The monoisotopic (exact) mass is 753 g/mol. The van der Waals surface area contributed by atoms with Crippen LogP contribution < -0.4 is 5.32 Å². The molecule has 292 valence electrons. The second kappa shape index (κ2) is 13.8. The van der Waals surface area contributed by atoms with Crippen molar-refractivity contribution < 1.29 is 43.3 Å². The predicted octanol–water partition coefficient (Wildman–Crippen LogP) is 3.55. The molecule has 2 amide bonds. The van der Waals surface area contributed by atoms with E-state index in [1.54, 1.807) is 12.1 Å². The van der Waals surface area contributed by atoms with Crippen molar-refractivity contribution in [2.24, 2.45) is 23.2 Å². The highest BCUT2D eigenvalue weighted by Crippen LogP contribution is 2.64. The zero-order chi connectivity index (χ0) is 37.5. The zero-order valence-electron chi connectivity index (χ0n) is 31.3. The van der Waals surface area contributed by atoms with E-state index in [0.717, 1.165) is 61.6 Å². The van der Waals surface area contributed by atoms with Crippen molar-refractivity contribution in [3.8, 4) is 0 Å². The number of hydrogen-bond donors (Lipinski definition) is 2. The van der Waals surface area contributed by atoms with Gasteiger partial charge in [0.15, 0.2) is 11.8 Å². The van der Waals surface area contributed by atoms with Gasteiger partial charge in [0.2, 0.25) is 11.8 Å². The van der Waals surface area contributed by atoms with Gasteiger partial charge >= 0.3 is 5.97 Å². The summed E-state index contributed by atoms with van der Waals surface area (Å²) in [6.07, 6.45) is 10.5. The number of benzene rings is 2. The Labute approximate surface area is 321 Å². The number of carbonyl (C=O) groups excluding carboxylic acids is 3. The van der Waals surface area contributed by atoms with Crippen LogP contribution in [0.5, 0.6) is 0 Å². The number of amides is 2. The molecule has 4 aliphatic heterocycles. The van der Waals surface area contributed by atoms with Crippen molar-refractivity contribution in [3.05, 3.63) is 77.4 Å². The normalized spacial score (nSPS) is 36.1. The predicted molar refractivity (Wildman–Crippen MR) is 197 cm³/mol. The summed E-state index contributed by atoms with van der Waals surface area (Å²) in [5.41, 5.74) is 1.49. The van der Waals surface area contributed by atoms with E-state index in [1.807, 2.05) is 42.5 Å². The molecule has 8 fully saturated rings. The summed E-state index contributed by atoms with van der Waals surface area (Å²) in [6.45, 7) is 0.0635. The topological polar surface area (TPSA) is 139 Å². The fourth-order valence-electron chi connectivity index (χ4n) is 10.4. The number of rotatable bonds is 13. The van der Waals surface area contributed by atoms with Gasteiger partial charge in [0.1, 0.15) is 35.9 Å². The summed E-state index contributed by atoms with van der Waals surface area (Å²) in [7, 11) is 1.63. The van der Waals surface area contributed by atoms with Crippen molar-refractivity contribution >= 4 is 23.9 Å². The number of nitrogens with one attached hydrogen (secondary N) is 1. The van der Waals surface area contributed by atoms with Gasteiger partial charge in [-0.3, -0.25) is 19.2 Å². The summed E-state index contributed by atoms with van der Waals surface area (Å²) >= 11 is 0. The number of carbonyl (C=O) groups is 3. The number of hydroxylamine groups is 2. The van der Waals surface area contributed by atoms with E-state index >= 15 is 4.79 Å². The first-order valence-electron chi connectivity index (χ1n) is 20.4. The van der Waals surface area contributed by atoms with Crippen molar-refractivity contribution in [2.45, 2.75) is 119 Å². The summed E-state index contributed by atoms with van der Waals surface area (Å²) < 4.78 is 25.9. The van der Waals surface area contributed by atoms with Crippen LogP contribution >= 0.6 is 0 Å². The minimum Gasteiger partial charge on any atom is -0.458 e. The maximum absolute atomic E-state index is 15.4. The number of esters is 1. The molecule has 2 aromatic carbocycles. The van der Waals surface area contributed by atoms with Crippen LogP contribution in [0.25, 0.3) is 6.08 Å².